The van der Waals surface area contributed by atoms with Crippen molar-refractivity contribution >= 4 is 11.9 Å². The van der Waals surface area contributed by atoms with E-state index in [9.17, 15) is 9.59 Å². The van der Waals surface area contributed by atoms with Crippen LogP contribution in [0.1, 0.15) is 39.0 Å². The molecule has 0 amide bonds. The molecule has 27 heavy (non-hydrogen) atoms. The minimum atomic E-state index is -1.09. The van der Waals surface area contributed by atoms with Crippen LogP contribution in [-0.4, -0.2) is 48.4 Å². The molecule has 5 atom stereocenters. The van der Waals surface area contributed by atoms with Crippen LogP contribution in [0, 0.1) is 23.7 Å². The van der Waals surface area contributed by atoms with E-state index in [-0.39, 0.29) is 5.57 Å². The van der Waals surface area contributed by atoms with Gasteiger partial charge in [-0.2, -0.15) is 0 Å². The second-order valence-electron chi connectivity index (χ2n) is 9.20. The number of ether oxygens (including phenoxy) is 5. The molecule has 0 aromatic rings. The number of rotatable bonds is 2. The summed E-state index contributed by atoms with van der Waals surface area (Å²) in [5.41, 5.74) is 0.226. The molecule has 0 N–H and O–H groups in total. The summed E-state index contributed by atoms with van der Waals surface area (Å²) in [4.78, 5) is 24.1. The highest BCUT2D eigenvalue weighted by atomic mass is 16.9. The lowest BCUT2D eigenvalue weighted by molar-refractivity contribution is -0.324. The minimum absolute atomic E-state index is 0.226. The van der Waals surface area contributed by atoms with Gasteiger partial charge in [0.05, 0.1) is 0 Å². The van der Waals surface area contributed by atoms with Crippen LogP contribution >= 0.6 is 0 Å². The summed E-state index contributed by atoms with van der Waals surface area (Å²) in [6.45, 7) is 5.08. The van der Waals surface area contributed by atoms with Gasteiger partial charge in [0.1, 0.15) is 6.10 Å². The molecule has 3 saturated heterocycles. The van der Waals surface area contributed by atoms with E-state index in [2.05, 4.69) is 6.58 Å². The Hall–Kier alpha value is -1.44. The standard InChI is InChI=1S/C20H24O7/c1-8(2)17(21)24-15-13-14(23-18(15)22)16-19(25-13)27-20(26-16)11-4-9-3-10(6-11)7-12(20)5-9/h9-16,19H,1,3-7H2,2H3. The van der Waals surface area contributed by atoms with Gasteiger partial charge in [0, 0.05) is 17.4 Å². The van der Waals surface area contributed by atoms with E-state index in [1.807, 2.05) is 0 Å². The van der Waals surface area contributed by atoms with Gasteiger partial charge in [-0.25, -0.2) is 9.59 Å². The average molecular weight is 376 g/mol. The molecular formula is C20H24O7. The summed E-state index contributed by atoms with van der Waals surface area (Å²) in [6, 6.07) is 0. The molecule has 7 aliphatic rings. The molecule has 7 fully saturated rings. The van der Waals surface area contributed by atoms with Gasteiger partial charge in [-0.15, -0.1) is 0 Å². The smallest absolute Gasteiger partial charge is 0.350 e. The van der Waals surface area contributed by atoms with Crippen molar-refractivity contribution in [2.45, 2.75) is 75.5 Å². The van der Waals surface area contributed by atoms with Gasteiger partial charge >= 0.3 is 11.9 Å². The van der Waals surface area contributed by atoms with E-state index < -0.39 is 48.4 Å². The number of carbonyl (C=O) groups is 2. The Kier molecular flexibility index (Phi) is 3.26. The van der Waals surface area contributed by atoms with Crippen molar-refractivity contribution in [2.24, 2.45) is 23.7 Å². The molecule has 0 radical (unpaired) electrons. The van der Waals surface area contributed by atoms with Crippen molar-refractivity contribution < 1.29 is 33.3 Å². The third-order valence-electron chi connectivity index (χ3n) is 7.47. The van der Waals surface area contributed by atoms with Crippen molar-refractivity contribution in [2.75, 3.05) is 0 Å². The molecule has 3 aliphatic heterocycles. The summed E-state index contributed by atoms with van der Waals surface area (Å²) >= 11 is 0. The van der Waals surface area contributed by atoms with Gasteiger partial charge in [0.2, 0.25) is 6.10 Å². The second-order valence-corrected chi connectivity index (χ2v) is 9.20. The number of hydrogen-bond acceptors (Lipinski definition) is 7. The largest absolute Gasteiger partial charge is 0.454 e. The Labute approximate surface area is 157 Å². The molecule has 4 aliphatic carbocycles. The van der Waals surface area contributed by atoms with Crippen LogP contribution < -0.4 is 0 Å². The molecule has 1 spiro atoms. The van der Waals surface area contributed by atoms with Crippen LogP contribution in [0.4, 0.5) is 0 Å². The highest BCUT2D eigenvalue weighted by Crippen LogP contribution is 2.63. The fourth-order valence-corrected chi connectivity index (χ4v) is 6.56. The van der Waals surface area contributed by atoms with E-state index in [1.165, 1.54) is 13.3 Å². The lowest BCUT2D eigenvalue weighted by atomic mass is 9.53. The van der Waals surface area contributed by atoms with Crippen molar-refractivity contribution in [3.63, 3.8) is 0 Å². The third kappa shape index (κ3) is 2.13. The zero-order chi connectivity index (χ0) is 18.5. The first-order valence-corrected chi connectivity index (χ1v) is 10.0. The highest BCUT2D eigenvalue weighted by molar-refractivity contribution is 5.90. The molecule has 0 aromatic carbocycles. The van der Waals surface area contributed by atoms with E-state index in [1.54, 1.807) is 0 Å². The van der Waals surface area contributed by atoms with Gasteiger partial charge in [-0.05, 0) is 50.9 Å². The van der Waals surface area contributed by atoms with Crippen molar-refractivity contribution in [1.29, 1.82) is 0 Å². The van der Waals surface area contributed by atoms with E-state index >= 15 is 0 Å². The van der Waals surface area contributed by atoms with Gasteiger partial charge < -0.3 is 23.7 Å². The van der Waals surface area contributed by atoms with E-state index in [0.29, 0.717) is 11.8 Å². The molecule has 7 heteroatoms. The SMILES string of the molecule is C=C(C)C(=O)OC1C(=O)OC2C3OC4(OC3OC12)C1CC2CC(C1)CC4C2. The number of hydrogen-bond donors (Lipinski definition) is 0. The minimum Gasteiger partial charge on any atom is -0.454 e. The fourth-order valence-electron chi connectivity index (χ4n) is 6.56. The Balaban J connectivity index is 1.23. The summed E-state index contributed by atoms with van der Waals surface area (Å²) in [5, 5.41) is 0. The van der Waals surface area contributed by atoms with Gasteiger partial charge in [-0.1, -0.05) is 6.58 Å². The van der Waals surface area contributed by atoms with Crippen molar-refractivity contribution in [1.82, 2.24) is 0 Å². The number of esters is 2. The quantitative estimate of drug-likeness (QED) is 0.536. The number of fused-ring (bicyclic) bond motifs is 3. The molecule has 0 aromatic heterocycles. The van der Waals surface area contributed by atoms with Gasteiger partial charge in [0.15, 0.2) is 24.3 Å². The Morgan fingerprint density at radius 3 is 2.33 bits per heavy atom. The monoisotopic (exact) mass is 376 g/mol. The van der Waals surface area contributed by atoms with Crippen LogP contribution in [0.15, 0.2) is 12.2 Å². The molecule has 146 valence electrons. The lowest BCUT2D eigenvalue weighted by Crippen LogP contribution is -2.59. The van der Waals surface area contributed by atoms with Crippen molar-refractivity contribution in [3.05, 3.63) is 12.2 Å². The van der Waals surface area contributed by atoms with Crippen molar-refractivity contribution in [3.8, 4) is 0 Å². The maximum absolute atomic E-state index is 12.2. The predicted octanol–water partition coefficient (Wildman–Crippen LogP) is 1.69. The zero-order valence-electron chi connectivity index (χ0n) is 15.3. The Morgan fingerprint density at radius 1 is 1.04 bits per heavy atom. The third-order valence-corrected chi connectivity index (χ3v) is 7.47. The van der Waals surface area contributed by atoms with Crippen LogP contribution in [-0.2, 0) is 33.3 Å². The van der Waals surface area contributed by atoms with Crippen LogP contribution in [0.2, 0.25) is 0 Å². The van der Waals surface area contributed by atoms with Gasteiger partial charge in [0.25, 0.3) is 0 Å². The average Bonchev–Trinajstić information content (AvgIpc) is 3.22. The molecule has 4 bridgehead atoms. The summed E-state index contributed by atoms with van der Waals surface area (Å²) in [6.07, 6.45) is 2.56. The van der Waals surface area contributed by atoms with E-state index in [0.717, 1.165) is 37.5 Å². The number of carbonyl (C=O) groups excluding carboxylic acids is 2. The van der Waals surface area contributed by atoms with Crippen LogP contribution in [0.5, 0.6) is 0 Å². The first kappa shape index (κ1) is 16.5. The molecule has 7 rings (SSSR count). The van der Waals surface area contributed by atoms with Crippen LogP contribution in [0.3, 0.4) is 0 Å². The molecule has 7 nitrogen and oxygen atoms in total. The molecular weight excluding hydrogens is 352 g/mol. The maximum Gasteiger partial charge on any atom is 0.350 e. The maximum atomic E-state index is 12.2. The van der Waals surface area contributed by atoms with E-state index in [4.69, 9.17) is 23.7 Å². The first-order valence-electron chi connectivity index (χ1n) is 10.0. The lowest BCUT2D eigenvalue weighted by Gasteiger charge is -2.58. The second kappa shape index (κ2) is 5.33. The predicted molar refractivity (Wildman–Crippen MR) is 89.0 cm³/mol. The topological polar surface area (TPSA) is 80.3 Å². The molecule has 5 unspecified atom stereocenters. The van der Waals surface area contributed by atoms with Gasteiger partial charge in [-0.3, -0.25) is 0 Å². The molecule has 4 saturated carbocycles. The highest BCUT2D eigenvalue weighted by Gasteiger charge is 2.71. The molecule has 3 heterocycles. The fraction of sp³-hybridized carbons (Fsp3) is 0.800. The normalized spacial score (nSPS) is 54.1. The Bertz CT molecular complexity index is 702. The summed E-state index contributed by atoms with van der Waals surface area (Å²) in [5.74, 6) is 0.591. The Morgan fingerprint density at radius 2 is 1.70 bits per heavy atom. The summed E-state index contributed by atoms with van der Waals surface area (Å²) < 4.78 is 29.7. The first-order chi connectivity index (χ1) is 12.9. The summed E-state index contributed by atoms with van der Waals surface area (Å²) in [7, 11) is 0. The zero-order valence-corrected chi connectivity index (χ0v) is 15.3. The van der Waals surface area contributed by atoms with Crippen LogP contribution in [0.25, 0.3) is 0 Å².